The maximum atomic E-state index is 15.1. The quantitative estimate of drug-likeness (QED) is 0.0640. The van der Waals surface area contributed by atoms with E-state index in [-0.39, 0.29) is 75.5 Å². The van der Waals surface area contributed by atoms with Gasteiger partial charge in [-0.05, 0) is 118 Å². The Balaban J connectivity index is 0.851. The van der Waals surface area contributed by atoms with Gasteiger partial charge in [0.1, 0.15) is 29.9 Å². The van der Waals surface area contributed by atoms with Crippen LogP contribution in [0.25, 0.3) is 11.0 Å². The Morgan fingerprint density at radius 3 is 2.52 bits per heavy atom. The molecule has 17 nitrogen and oxygen atoms in total. The van der Waals surface area contributed by atoms with Gasteiger partial charge in [0, 0.05) is 67.7 Å². The van der Waals surface area contributed by atoms with E-state index >= 15 is 4.39 Å². The second-order valence-corrected chi connectivity index (χ2v) is 23.5. The number of nitro benzene ring substituents is 1. The fourth-order valence-corrected chi connectivity index (χ4v) is 13.4. The first-order valence-electron chi connectivity index (χ1n) is 25.9. The summed E-state index contributed by atoms with van der Waals surface area (Å²) in [5.41, 5.74) is 2.66. The summed E-state index contributed by atoms with van der Waals surface area (Å²) in [4.78, 5) is 38.0. The summed E-state index contributed by atoms with van der Waals surface area (Å²) in [6.45, 7) is 9.86. The average molecular weight is 1020 g/mol. The lowest BCUT2D eigenvalue weighted by Gasteiger charge is -2.56. The molecule has 1 spiro atoms. The topological polar surface area (TPSA) is 211 Å². The van der Waals surface area contributed by atoms with Crippen LogP contribution in [0.4, 0.5) is 21.5 Å². The van der Waals surface area contributed by atoms with Crippen molar-refractivity contribution in [2.24, 2.45) is 11.3 Å². The van der Waals surface area contributed by atoms with Crippen molar-refractivity contribution in [1.29, 1.82) is 0 Å². The van der Waals surface area contributed by atoms with Gasteiger partial charge in [0.15, 0.2) is 17.2 Å². The summed E-state index contributed by atoms with van der Waals surface area (Å²) >= 11 is 0. The van der Waals surface area contributed by atoms with Gasteiger partial charge in [0.2, 0.25) is 0 Å². The summed E-state index contributed by atoms with van der Waals surface area (Å²) in [5, 5.41) is 26.3. The Kier molecular flexibility index (Phi) is 13.0. The van der Waals surface area contributed by atoms with Gasteiger partial charge in [-0.2, -0.15) is 4.98 Å². The molecule has 2 aromatic heterocycles. The molecule has 73 heavy (non-hydrogen) atoms. The van der Waals surface area contributed by atoms with E-state index in [0.29, 0.717) is 63.3 Å². The molecule has 0 unspecified atom stereocenters. The third kappa shape index (κ3) is 9.80. The Morgan fingerprint density at radius 2 is 1.78 bits per heavy atom. The van der Waals surface area contributed by atoms with Gasteiger partial charge in [-0.15, -0.1) is 0 Å². The van der Waals surface area contributed by atoms with E-state index in [0.717, 1.165) is 57.1 Å². The zero-order chi connectivity index (χ0) is 50.8. The number of sulfonamides is 1. The Hall–Kier alpha value is -6.02. The second kappa shape index (κ2) is 19.4. The normalized spacial score (nSPS) is 25.3. The van der Waals surface area contributed by atoms with Gasteiger partial charge in [-0.1, -0.05) is 38.1 Å². The van der Waals surface area contributed by atoms with Gasteiger partial charge in [0.25, 0.3) is 27.5 Å². The molecular weight excluding hydrogens is 958 g/mol. The number of hydrogen-bond acceptors (Lipinski definition) is 14. The highest BCUT2D eigenvalue weighted by atomic mass is 32.2. The summed E-state index contributed by atoms with van der Waals surface area (Å²) < 4.78 is 69.9. The van der Waals surface area contributed by atoms with E-state index in [1.54, 1.807) is 19.1 Å². The summed E-state index contributed by atoms with van der Waals surface area (Å²) in [6.07, 6.45) is 10.5. The number of piperidine rings is 1. The van der Waals surface area contributed by atoms with Crippen molar-refractivity contribution in [2.75, 3.05) is 49.7 Å². The molecule has 3 saturated heterocycles. The van der Waals surface area contributed by atoms with Crippen molar-refractivity contribution in [3.8, 4) is 23.1 Å². The molecule has 2 saturated carbocycles. The number of aromatic nitrogens is 2. The number of fused-ring (bicyclic) bond motifs is 2. The number of nitrogens with zero attached hydrogens (tertiary/aromatic N) is 4. The number of aliphatic hydroxyl groups is 1. The third-order valence-electron chi connectivity index (χ3n) is 16.6. The Bertz CT molecular complexity index is 3020. The molecule has 2 aliphatic carbocycles. The van der Waals surface area contributed by atoms with Crippen molar-refractivity contribution in [2.45, 2.75) is 132 Å². The van der Waals surface area contributed by atoms with Crippen molar-refractivity contribution < 1.29 is 46.6 Å². The van der Waals surface area contributed by atoms with Crippen LogP contribution >= 0.6 is 0 Å². The number of benzene rings is 3. The second-order valence-electron chi connectivity index (χ2n) is 21.8. The molecule has 0 radical (unpaired) electrons. The van der Waals surface area contributed by atoms with Crippen molar-refractivity contribution in [3.05, 3.63) is 99.5 Å². The highest BCUT2D eigenvalue weighted by Crippen LogP contribution is 2.55. The first-order chi connectivity index (χ1) is 35.0. The van der Waals surface area contributed by atoms with Crippen molar-refractivity contribution in [1.82, 2.24) is 19.6 Å². The van der Waals surface area contributed by atoms with Crippen LogP contribution < -0.4 is 29.1 Å². The molecule has 4 aliphatic heterocycles. The maximum Gasteiger partial charge on any atom is 0.297 e. The molecule has 6 aliphatic rings. The predicted octanol–water partition coefficient (Wildman–Crippen LogP) is 9.51. The summed E-state index contributed by atoms with van der Waals surface area (Å²) in [6, 6.07) is 18.0. The molecule has 11 rings (SSSR count). The molecule has 3 atom stereocenters. The number of rotatable bonds is 13. The molecule has 5 fully saturated rings. The molecule has 3 aromatic carbocycles. The van der Waals surface area contributed by atoms with Crippen LogP contribution in [0.3, 0.4) is 0 Å². The zero-order valence-electron chi connectivity index (χ0n) is 41.5. The number of likely N-dealkylation sites (tertiary alicyclic amines) is 1. The average Bonchev–Trinajstić information content (AvgIpc) is 4.15. The fourth-order valence-electron chi connectivity index (χ4n) is 12.4. The monoisotopic (exact) mass is 1020 g/mol. The largest absolute Gasteiger partial charge is 0.489 e. The standard InChI is InChI=1S/C54H64FN7O10S/c1-32(2)38-7-4-5-8-39(38)44-9-6-19-61(44)35-27-54(28-35)17-20-60(21-18-54)34-10-11-40(46(23-34)72-48-26-41-42(55)29-56-50(41)58-52(48)71-36-14-22-69-30-36)51(63)59-73(67,68)37-24-45(62(65)66)49-47(25-37)70-31-43(57-49)33-12-15-53(3,64)16-13-33/h4-5,7-8,10-11,23-26,29,32-33,35-36,43-44,57,64H,6,9,12-22,27-28,30-31H2,1-3H3,(H,56,58)(H,59,63)/t33-,36-,43-,44-,53-/m1/s1. The number of carbonyl (C=O) groups excluding carboxylic acids is 1. The lowest BCUT2D eigenvalue weighted by atomic mass is 9.59. The van der Waals surface area contributed by atoms with Gasteiger partial charge >= 0.3 is 0 Å². The maximum absolute atomic E-state index is 15.1. The number of H-pyrrole nitrogens is 1. The Morgan fingerprint density at radius 1 is 1.00 bits per heavy atom. The number of hydrogen-bond donors (Lipinski definition) is 4. The van der Waals surface area contributed by atoms with E-state index in [1.807, 2.05) is 0 Å². The van der Waals surface area contributed by atoms with Crippen LogP contribution in [0, 0.1) is 27.3 Å². The number of ether oxygens (including phenoxy) is 4. The molecule has 4 N–H and O–H groups in total. The van der Waals surface area contributed by atoms with Crippen LogP contribution in [-0.4, -0.2) is 102 Å². The van der Waals surface area contributed by atoms with Gasteiger partial charge < -0.3 is 39.3 Å². The molecule has 0 bridgehead atoms. The first-order valence-corrected chi connectivity index (χ1v) is 27.4. The van der Waals surface area contributed by atoms with E-state index in [9.17, 15) is 28.4 Å². The minimum absolute atomic E-state index is 0.00632. The number of amides is 1. The van der Waals surface area contributed by atoms with Crippen molar-refractivity contribution in [3.63, 3.8) is 0 Å². The SMILES string of the molecule is CC(C)c1ccccc1[C@H]1CCCN1C1CC2(CCN(c3ccc(C(=O)NS(=O)(=O)c4cc5c(c([N+](=O)[O-])c4)N[C@@H]([C@H]4CC[C@](C)(O)CC4)CO5)c(Oc4cc5c(F)c[nH]c5nc4O[C@@H]4CCOC4)c3)CC2)C1. The minimum Gasteiger partial charge on any atom is -0.489 e. The molecule has 19 heteroatoms. The molecule has 1 amide bonds. The molecular formula is C54H64FN7O10S. The number of anilines is 2. The van der Waals surface area contributed by atoms with Gasteiger partial charge in [-0.3, -0.25) is 19.8 Å². The van der Waals surface area contributed by atoms with E-state index in [1.165, 1.54) is 48.4 Å². The fraction of sp³-hybridized carbons (Fsp3) is 0.519. The minimum atomic E-state index is -4.77. The lowest BCUT2D eigenvalue weighted by Crippen LogP contribution is -2.54. The molecule has 6 heterocycles. The first kappa shape index (κ1) is 49.2. The van der Waals surface area contributed by atoms with Crippen LogP contribution in [0.2, 0.25) is 0 Å². The van der Waals surface area contributed by atoms with Gasteiger partial charge in [-0.25, -0.2) is 17.5 Å². The van der Waals surface area contributed by atoms with E-state index in [2.05, 4.69) is 67.9 Å². The van der Waals surface area contributed by atoms with Crippen LogP contribution in [0.5, 0.6) is 23.1 Å². The molecule has 5 aromatic rings. The summed E-state index contributed by atoms with van der Waals surface area (Å²) in [7, 11) is -4.77. The van der Waals surface area contributed by atoms with Crippen LogP contribution in [0.1, 0.15) is 125 Å². The molecule has 388 valence electrons. The van der Waals surface area contributed by atoms with Crippen LogP contribution in [0.15, 0.2) is 71.8 Å². The van der Waals surface area contributed by atoms with E-state index < -0.39 is 42.9 Å². The Labute approximate surface area is 424 Å². The number of carbonyl (C=O) groups is 1. The predicted molar refractivity (Wildman–Crippen MR) is 272 cm³/mol. The van der Waals surface area contributed by atoms with Gasteiger partial charge in [0.05, 0.1) is 45.6 Å². The van der Waals surface area contributed by atoms with E-state index in [4.69, 9.17) is 18.9 Å². The third-order valence-corrected chi connectivity index (χ3v) is 17.9. The summed E-state index contributed by atoms with van der Waals surface area (Å²) in [5.74, 6) is -1.18. The van der Waals surface area contributed by atoms with Crippen molar-refractivity contribution >= 4 is 44.0 Å². The number of aromatic amines is 1. The highest BCUT2D eigenvalue weighted by molar-refractivity contribution is 7.90. The van der Waals surface area contributed by atoms with Crippen LogP contribution in [-0.2, 0) is 14.8 Å². The highest BCUT2D eigenvalue weighted by Gasteiger charge is 2.50. The number of halogens is 1. The number of pyridine rings is 1. The number of nitro groups is 1. The smallest absolute Gasteiger partial charge is 0.297 e. The lowest BCUT2D eigenvalue weighted by molar-refractivity contribution is -0.384. The zero-order valence-corrected chi connectivity index (χ0v) is 42.3. The number of nitrogens with one attached hydrogen (secondary N) is 3.